The number of carbonyl (C=O) groups is 1. The van der Waals surface area contributed by atoms with Crippen LogP contribution in [0, 0.1) is 0 Å². The topological polar surface area (TPSA) is 56.4 Å². The van der Waals surface area contributed by atoms with Crippen LogP contribution < -0.4 is 16.0 Å². The van der Waals surface area contributed by atoms with E-state index in [0.29, 0.717) is 10.7 Å². The molecule has 0 bridgehead atoms. The molecule has 22 heavy (non-hydrogen) atoms. The Morgan fingerprint density at radius 1 is 1.18 bits per heavy atom. The Bertz CT molecular complexity index is 533. The number of hydrogen-bond donors (Lipinski definition) is 3. The summed E-state index contributed by atoms with van der Waals surface area (Å²) in [5.74, 6) is 0. The van der Waals surface area contributed by atoms with Crippen LogP contribution in [0.15, 0.2) is 24.3 Å². The second-order valence-corrected chi connectivity index (χ2v) is 7.64. The van der Waals surface area contributed by atoms with Gasteiger partial charge in [-0.2, -0.15) is 0 Å². The molecule has 0 spiro atoms. The molecule has 0 aliphatic carbocycles. The summed E-state index contributed by atoms with van der Waals surface area (Å²) >= 11 is 28.5. The van der Waals surface area contributed by atoms with E-state index in [4.69, 9.17) is 58.6 Å². The van der Waals surface area contributed by atoms with Crippen LogP contribution >= 0.6 is 58.6 Å². The van der Waals surface area contributed by atoms with Crippen molar-refractivity contribution in [2.75, 3.05) is 19.4 Å². The van der Waals surface area contributed by atoms with Gasteiger partial charge in [-0.1, -0.05) is 46.4 Å². The van der Waals surface area contributed by atoms with E-state index in [2.05, 4.69) is 16.0 Å². The smallest absolute Gasteiger partial charge is 0.318 e. The standard InChI is InChI=1S/C12H14Cl4N4OS/c1-20(2)11(21)19-9(12(14,15)16)18-10(22)17-8-5-3-7(13)4-6-8/h3-6,9H,1-2H3,(H,19,21)(H2,17,18,22). The van der Waals surface area contributed by atoms with Gasteiger partial charge in [-0.25, -0.2) is 4.79 Å². The zero-order chi connectivity index (χ0) is 16.9. The summed E-state index contributed by atoms with van der Waals surface area (Å²) in [4.78, 5) is 13.0. The lowest BCUT2D eigenvalue weighted by Gasteiger charge is -2.28. The molecule has 3 N–H and O–H groups in total. The van der Waals surface area contributed by atoms with Crippen LogP contribution in [0.25, 0.3) is 0 Å². The summed E-state index contributed by atoms with van der Waals surface area (Å²) < 4.78 is -1.79. The fourth-order valence-electron chi connectivity index (χ4n) is 1.28. The largest absolute Gasteiger partial charge is 0.339 e. The fraction of sp³-hybridized carbons (Fsp3) is 0.333. The van der Waals surface area contributed by atoms with E-state index in [1.165, 1.54) is 4.90 Å². The third-order valence-electron chi connectivity index (χ3n) is 2.38. The van der Waals surface area contributed by atoms with E-state index in [-0.39, 0.29) is 5.11 Å². The van der Waals surface area contributed by atoms with Gasteiger partial charge in [0.1, 0.15) is 0 Å². The molecule has 0 fully saturated rings. The number of amides is 2. The Morgan fingerprint density at radius 3 is 2.18 bits per heavy atom. The lowest BCUT2D eigenvalue weighted by molar-refractivity contribution is 0.212. The number of alkyl halides is 3. The van der Waals surface area contributed by atoms with Crippen LogP contribution in [0.3, 0.4) is 0 Å². The molecule has 1 atom stereocenters. The van der Waals surface area contributed by atoms with Crippen molar-refractivity contribution in [1.29, 1.82) is 0 Å². The Balaban J connectivity index is 2.70. The van der Waals surface area contributed by atoms with E-state index in [9.17, 15) is 4.79 Å². The molecule has 0 aliphatic rings. The highest BCUT2D eigenvalue weighted by atomic mass is 35.6. The number of nitrogens with zero attached hydrogens (tertiary/aromatic N) is 1. The predicted molar refractivity (Wildman–Crippen MR) is 97.1 cm³/mol. The second kappa shape index (κ2) is 8.26. The van der Waals surface area contributed by atoms with Crippen molar-refractivity contribution in [3.05, 3.63) is 29.3 Å². The van der Waals surface area contributed by atoms with Crippen molar-refractivity contribution >= 4 is 75.5 Å². The molecule has 2 amide bonds. The molecule has 0 heterocycles. The maximum Gasteiger partial charge on any atom is 0.318 e. The zero-order valence-corrected chi connectivity index (χ0v) is 15.5. The monoisotopic (exact) mass is 402 g/mol. The van der Waals surface area contributed by atoms with E-state index < -0.39 is 16.0 Å². The summed E-state index contributed by atoms with van der Waals surface area (Å²) in [6, 6.07) is 6.44. The lowest BCUT2D eigenvalue weighted by Crippen LogP contribution is -2.57. The third-order valence-corrected chi connectivity index (χ3v) is 3.51. The van der Waals surface area contributed by atoms with Crippen LogP contribution in [0.5, 0.6) is 0 Å². The van der Waals surface area contributed by atoms with Crippen molar-refractivity contribution in [3.63, 3.8) is 0 Å². The lowest BCUT2D eigenvalue weighted by atomic mass is 10.3. The molecule has 122 valence electrons. The molecule has 0 saturated heterocycles. The molecular weight excluding hydrogens is 390 g/mol. The van der Waals surface area contributed by atoms with Crippen molar-refractivity contribution in [1.82, 2.24) is 15.5 Å². The van der Waals surface area contributed by atoms with Gasteiger partial charge < -0.3 is 20.9 Å². The summed E-state index contributed by atoms with van der Waals surface area (Å²) in [5, 5.41) is 8.92. The minimum absolute atomic E-state index is 0.178. The number of rotatable bonds is 3. The Morgan fingerprint density at radius 2 is 1.73 bits per heavy atom. The highest BCUT2D eigenvalue weighted by molar-refractivity contribution is 7.80. The summed E-state index contributed by atoms with van der Waals surface area (Å²) in [6.45, 7) is 0. The van der Waals surface area contributed by atoms with Gasteiger partial charge >= 0.3 is 6.03 Å². The Labute approximate surface area is 154 Å². The molecule has 0 radical (unpaired) electrons. The number of anilines is 1. The maximum atomic E-state index is 11.7. The Kier molecular flexibility index (Phi) is 7.28. The van der Waals surface area contributed by atoms with Gasteiger partial charge in [0.05, 0.1) is 0 Å². The van der Waals surface area contributed by atoms with E-state index >= 15 is 0 Å². The van der Waals surface area contributed by atoms with Gasteiger partial charge in [-0.05, 0) is 36.5 Å². The summed E-state index contributed by atoms with van der Waals surface area (Å²) in [6.07, 6.45) is -1.01. The van der Waals surface area contributed by atoms with Gasteiger partial charge in [0, 0.05) is 24.8 Å². The van der Waals surface area contributed by atoms with Crippen LogP contribution in [-0.4, -0.2) is 40.1 Å². The first-order valence-electron chi connectivity index (χ1n) is 5.97. The molecule has 1 rings (SSSR count). The van der Waals surface area contributed by atoms with Crippen molar-refractivity contribution < 1.29 is 4.79 Å². The van der Waals surface area contributed by atoms with Crippen LogP contribution in [0.4, 0.5) is 10.5 Å². The first-order chi connectivity index (χ1) is 10.1. The average molecular weight is 404 g/mol. The number of halogens is 4. The maximum absolute atomic E-state index is 11.7. The number of urea groups is 1. The van der Waals surface area contributed by atoms with Crippen LogP contribution in [-0.2, 0) is 0 Å². The predicted octanol–water partition coefficient (Wildman–Crippen LogP) is 3.59. The van der Waals surface area contributed by atoms with Gasteiger partial charge in [-0.3, -0.25) is 0 Å². The van der Waals surface area contributed by atoms with Gasteiger partial charge in [0.25, 0.3) is 0 Å². The van der Waals surface area contributed by atoms with E-state index in [0.717, 1.165) is 0 Å². The van der Waals surface area contributed by atoms with Crippen molar-refractivity contribution in [2.45, 2.75) is 9.96 Å². The molecule has 0 aromatic heterocycles. The molecule has 1 aromatic carbocycles. The molecule has 10 heteroatoms. The van der Waals surface area contributed by atoms with Crippen LogP contribution in [0.2, 0.25) is 5.02 Å². The number of carbonyl (C=O) groups excluding carboxylic acids is 1. The SMILES string of the molecule is CN(C)C(=O)NC(NC(=S)Nc1ccc(Cl)cc1)C(Cl)(Cl)Cl. The quantitative estimate of drug-likeness (QED) is 0.410. The normalized spacial score (nSPS) is 12.3. The van der Waals surface area contributed by atoms with Gasteiger partial charge in [-0.15, -0.1) is 0 Å². The Hall–Kier alpha value is -0.660. The first kappa shape index (κ1) is 19.4. The molecule has 1 unspecified atom stereocenters. The minimum atomic E-state index is -1.79. The zero-order valence-electron chi connectivity index (χ0n) is 11.7. The number of hydrogen-bond acceptors (Lipinski definition) is 2. The molecule has 1 aromatic rings. The average Bonchev–Trinajstić information content (AvgIpc) is 2.39. The van der Waals surface area contributed by atoms with Gasteiger partial charge in [0.15, 0.2) is 11.3 Å². The fourth-order valence-corrected chi connectivity index (χ4v) is 1.97. The first-order valence-corrected chi connectivity index (χ1v) is 7.89. The van der Waals surface area contributed by atoms with Crippen LogP contribution in [0.1, 0.15) is 0 Å². The van der Waals surface area contributed by atoms with Crippen molar-refractivity contribution in [3.8, 4) is 0 Å². The molecular formula is C12H14Cl4N4OS. The number of benzene rings is 1. The molecule has 0 aliphatic heterocycles. The van der Waals surface area contributed by atoms with E-state index in [1.54, 1.807) is 38.4 Å². The summed E-state index contributed by atoms with van der Waals surface area (Å²) in [7, 11) is 3.13. The molecule has 0 saturated carbocycles. The third kappa shape index (κ3) is 6.62. The van der Waals surface area contributed by atoms with Gasteiger partial charge in [0.2, 0.25) is 3.79 Å². The highest BCUT2D eigenvalue weighted by Crippen LogP contribution is 2.29. The minimum Gasteiger partial charge on any atom is -0.339 e. The number of thiocarbonyl (C=S) groups is 1. The summed E-state index contributed by atoms with van der Waals surface area (Å²) in [5.41, 5.74) is 0.698. The van der Waals surface area contributed by atoms with E-state index in [1.807, 2.05) is 0 Å². The highest BCUT2D eigenvalue weighted by Gasteiger charge is 2.35. The number of nitrogens with one attached hydrogen (secondary N) is 3. The van der Waals surface area contributed by atoms with Crippen molar-refractivity contribution in [2.24, 2.45) is 0 Å². The molecule has 5 nitrogen and oxygen atoms in total. The second-order valence-electron chi connectivity index (χ2n) is 4.42.